The van der Waals surface area contributed by atoms with E-state index in [4.69, 9.17) is 0 Å². The van der Waals surface area contributed by atoms with Crippen molar-refractivity contribution >= 4 is 19.7 Å². The van der Waals surface area contributed by atoms with Gasteiger partial charge in [-0.1, -0.05) is 37.4 Å². The van der Waals surface area contributed by atoms with Gasteiger partial charge in [0.15, 0.2) is 0 Å². The molecule has 0 N–H and O–H groups in total. The zero-order chi connectivity index (χ0) is 9.97. The molecule has 1 nitrogen and oxygen atoms in total. The molecule has 0 aliphatic heterocycles. The van der Waals surface area contributed by atoms with Crippen molar-refractivity contribution in [3.8, 4) is 0 Å². The molecule has 0 bridgehead atoms. The molecule has 0 saturated carbocycles. The summed E-state index contributed by atoms with van der Waals surface area (Å²) in [5, 5.41) is 1.23. The molecule has 0 atom stereocenters. The van der Waals surface area contributed by atoms with Crippen LogP contribution in [-0.2, 0) is 6.04 Å². The molecule has 71 valence electrons. The van der Waals surface area contributed by atoms with E-state index < -0.39 is 0 Å². The second-order valence-corrected chi connectivity index (χ2v) is 6.65. The highest BCUT2D eigenvalue weighted by Gasteiger charge is 2.01. The maximum absolute atomic E-state index is 4.64. The Balaban J connectivity index is 2.41. The fraction of sp³-hybridized carbons (Fsp3) is 0.250. The first kappa shape index (κ1) is 9.40. The van der Waals surface area contributed by atoms with E-state index >= 15 is 0 Å². The van der Waals surface area contributed by atoms with Gasteiger partial charge in [-0.3, -0.25) is 4.98 Å². The standard InChI is InChI=1S/C12H14NSi/c1-14(2)9-11-8-7-10-5-3-4-6-12(10)13-11/h3-8H,9H2,1-2H3. The van der Waals surface area contributed by atoms with Crippen LogP contribution < -0.4 is 0 Å². The van der Waals surface area contributed by atoms with Crippen molar-refractivity contribution in [1.29, 1.82) is 0 Å². The van der Waals surface area contributed by atoms with Crippen molar-refractivity contribution in [2.75, 3.05) is 0 Å². The predicted octanol–water partition coefficient (Wildman–Crippen LogP) is 3.07. The summed E-state index contributed by atoms with van der Waals surface area (Å²) in [5.74, 6) is 0. The molecular weight excluding hydrogens is 186 g/mol. The summed E-state index contributed by atoms with van der Waals surface area (Å²) in [4.78, 5) is 4.64. The van der Waals surface area contributed by atoms with E-state index in [1.807, 2.05) is 6.07 Å². The summed E-state index contributed by atoms with van der Waals surface area (Å²) < 4.78 is 0. The van der Waals surface area contributed by atoms with Gasteiger partial charge >= 0.3 is 0 Å². The van der Waals surface area contributed by atoms with E-state index in [2.05, 4.69) is 48.4 Å². The van der Waals surface area contributed by atoms with Crippen LogP contribution in [0.4, 0.5) is 0 Å². The molecule has 1 aromatic carbocycles. The summed E-state index contributed by atoms with van der Waals surface area (Å²) in [5.41, 5.74) is 2.36. The predicted molar refractivity (Wildman–Crippen MR) is 62.9 cm³/mol. The first-order valence-corrected chi connectivity index (χ1v) is 7.60. The van der Waals surface area contributed by atoms with Crippen LogP contribution in [0.5, 0.6) is 0 Å². The highest BCUT2D eigenvalue weighted by atomic mass is 28.3. The molecule has 0 unspecified atom stereocenters. The second-order valence-electron chi connectivity index (χ2n) is 3.88. The molecule has 14 heavy (non-hydrogen) atoms. The van der Waals surface area contributed by atoms with E-state index in [9.17, 15) is 0 Å². The fourth-order valence-corrected chi connectivity index (χ4v) is 2.49. The molecule has 0 aliphatic carbocycles. The van der Waals surface area contributed by atoms with E-state index in [0.29, 0.717) is 0 Å². The van der Waals surface area contributed by atoms with E-state index in [1.165, 1.54) is 11.1 Å². The Labute approximate surface area is 86.4 Å². The summed E-state index contributed by atoms with van der Waals surface area (Å²) in [6, 6.07) is 13.8. The van der Waals surface area contributed by atoms with Crippen molar-refractivity contribution in [3.05, 3.63) is 42.1 Å². The third-order valence-electron chi connectivity index (χ3n) is 2.19. The molecular formula is C12H14NSi. The van der Waals surface area contributed by atoms with E-state index in [1.54, 1.807) is 0 Å². The Kier molecular flexibility index (Phi) is 2.64. The number of hydrogen-bond acceptors (Lipinski definition) is 1. The quantitative estimate of drug-likeness (QED) is 0.679. The number of pyridine rings is 1. The van der Waals surface area contributed by atoms with Gasteiger partial charge in [0.05, 0.1) is 5.52 Å². The number of fused-ring (bicyclic) bond motifs is 1. The van der Waals surface area contributed by atoms with E-state index in [-0.39, 0.29) is 8.80 Å². The molecule has 1 radical (unpaired) electrons. The van der Waals surface area contributed by atoms with Gasteiger partial charge in [-0.15, -0.1) is 0 Å². The van der Waals surface area contributed by atoms with Crippen molar-refractivity contribution < 1.29 is 0 Å². The first-order chi connectivity index (χ1) is 6.75. The maximum atomic E-state index is 4.64. The maximum Gasteiger partial charge on any atom is 0.0705 e. The molecule has 0 saturated heterocycles. The third kappa shape index (κ3) is 2.01. The zero-order valence-corrected chi connectivity index (χ0v) is 9.62. The van der Waals surface area contributed by atoms with Crippen LogP contribution in [0.15, 0.2) is 36.4 Å². The highest BCUT2D eigenvalue weighted by molar-refractivity contribution is 6.55. The number of para-hydroxylation sites is 1. The van der Waals surface area contributed by atoms with Crippen LogP contribution in [0.1, 0.15) is 5.69 Å². The minimum Gasteiger partial charge on any atom is -0.253 e. The Bertz CT molecular complexity index is 437. The molecule has 0 fully saturated rings. The Morgan fingerprint density at radius 1 is 1.07 bits per heavy atom. The van der Waals surface area contributed by atoms with Gasteiger partial charge in [-0.05, 0) is 18.2 Å². The molecule has 1 aromatic heterocycles. The van der Waals surface area contributed by atoms with Gasteiger partial charge in [0.2, 0.25) is 0 Å². The van der Waals surface area contributed by atoms with Gasteiger partial charge < -0.3 is 0 Å². The normalized spacial score (nSPS) is 11.1. The van der Waals surface area contributed by atoms with Crippen molar-refractivity contribution in [2.24, 2.45) is 0 Å². The number of aromatic nitrogens is 1. The summed E-state index contributed by atoms with van der Waals surface area (Å²) in [6.07, 6.45) is 0. The van der Waals surface area contributed by atoms with Gasteiger partial charge in [-0.2, -0.15) is 0 Å². The number of nitrogens with zero attached hydrogens (tertiary/aromatic N) is 1. The summed E-state index contributed by atoms with van der Waals surface area (Å²) in [7, 11) is -0.217. The lowest BCUT2D eigenvalue weighted by Crippen LogP contribution is -2.06. The molecule has 2 rings (SSSR count). The van der Waals surface area contributed by atoms with Crippen LogP contribution in [0.2, 0.25) is 13.1 Å². The lowest BCUT2D eigenvalue weighted by atomic mass is 10.2. The lowest BCUT2D eigenvalue weighted by Gasteiger charge is -2.03. The van der Waals surface area contributed by atoms with Crippen LogP contribution in [0, 0.1) is 0 Å². The van der Waals surface area contributed by atoms with Gasteiger partial charge in [0.25, 0.3) is 0 Å². The second kappa shape index (κ2) is 3.92. The SMILES string of the molecule is C[Si](C)Cc1ccc2ccccc2n1. The molecule has 0 aliphatic rings. The molecule has 1 heterocycles. The lowest BCUT2D eigenvalue weighted by molar-refractivity contribution is 1.19. The first-order valence-electron chi connectivity index (χ1n) is 4.89. The fourth-order valence-electron chi connectivity index (χ4n) is 1.57. The van der Waals surface area contributed by atoms with Gasteiger partial charge in [0.1, 0.15) is 0 Å². The zero-order valence-electron chi connectivity index (χ0n) is 8.62. The van der Waals surface area contributed by atoms with Crippen molar-refractivity contribution in [2.45, 2.75) is 19.1 Å². The third-order valence-corrected chi connectivity index (χ3v) is 3.26. The topological polar surface area (TPSA) is 12.9 Å². The summed E-state index contributed by atoms with van der Waals surface area (Å²) >= 11 is 0. The van der Waals surface area contributed by atoms with Gasteiger partial charge in [0, 0.05) is 19.9 Å². The van der Waals surface area contributed by atoms with Crippen molar-refractivity contribution in [3.63, 3.8) is 0 Å². The van der Waals surface area contributed by atoms with Gasteiger partial charge in [-0.25, -0.2) is 0 Å². The Morgan fingerprint density at radius 3 is 2.64 bits per heavy atom. The minimum atomic E-state index is -0.217. The van der Waals surface area contributed by atoms with Crippen molar-refractivity contribution in [1.82, 2.24) is 4.98 Å². The van der Waals surface area contributed by atoms with Crippen LogP contribution in [0.25, 0.3) is 10.9 Å². The molecule has 2 aromatic rings. The van der Waals surface area contributed by atoms with Crippen LogP contribution in [0.3, 0.4) is 0 Å². The molecule has 2 heteroatoms. The monoisotopic (exact) mass is 200 g/mol. The smallest absolute Gasteiger partial charge is 0.0705 e. The van der Waals surface area contributed by atoms with E-state index in [0.717, 1.165) is 11.6 Å². The molecule has 0 spiro atoms. The average molecular weight is 200 g/mol. The number of rotatable bonds is 2. The molecule has 0 amide bonds. The Morgan fingerprint density at radius 2 is 1.86 bits per heavy atom. The summed E-state index contributed by atoms with van der Waals surface area (Å²) in [6.45, 7) is 4.64. The average Bonchev–Trinajstić information content (AvgIpc) is 2.17. The Hall–Kier alpha value is -1.15. The van der Waals surface area contributed by atoms with Crippen LogP contribution in [-0.4, -0.2) is 13.8 Å². The number of hydrogen-bond donors (Lipinski definition) is 0. The largest absolute Gasteiger partial charge is 0.253 e. The minimum absolute atomic E-state index is 0.217. The number of benzene rings is 1. The van der Waals surface area contributed by atoms with Crippen LogP contribution >= 0.6 is 0 Å². The highest BCUT2D eigenvalue weighted by Crippen LogP contribution is 2.12.